The highest BCUT2D eigenvalue weighted by Gasteiger charge is 2.14. The van der Waals surface area contributed by atoms with Crippen molar-refractivity contribution in [3.63, 3.8) is 0 Å². The lowest BCUT2D eigenvalue weighted by atomic mass is 10.4. The predicted octanol–water partition coefficient (Wildman–Crippen LogP) is 1.89. The molecule has 130 valence electrons. The fraction of sp³-hybridized carbons (Fsp3) is 0.111. The molecule has 0 N–H and O–H groups in total. The van der Waals surface area contributed by atoms with Crippen LogP contribution in [-0.4, -0.2) is 25.1 Å². The summed E-state index contributed by atoms with van der Waals surface area (Å²) < 4.78 is 13.8. The molecule has 8 heteroatoms. The standard InChI is InChI=1S/C18H14N4O4/c23-17-10-13(20-16-4-1-2-9-22(16)17)12-25-18(24)15-6-5-14(26-15)11-21-8-3-7-19-21/h1-10H,11-12H2. The molecule has 0 spiro atoms. The number of aromatic nitrogens is 4. The first-order valence-electron chi connectivity index (χ1n) is 7.90. The first-order valence-corrected chi connectivity index (χ1v) is 7.90. The van der Waals surface area contributed by atoms with Crippen molar-refractivity contribution >= 4 is 11.6 Å². The van der Waals surface area contributed by atoms with Gasteiger partial charge in [-0.3, -0.25) is 13.9 Å². The number of esters is 1. The van der Waals surface area contributed by atoms with Gasteiger partial charge in [0.05, 0.1) is 12.2 Å². The third kappa shape index (κ3) is 3.25. The van der Waals surface area contributed by atoms with Crippen LogP contribution in [0.25, 0.3) is 5.65 Å². The average Bonchev–Trinajstić information content (AvgIpc) is 3.32. The Morgan fingerprint density at radius 2 is 2.08 bits per heavy atom. The molecule has 26 heavy (non-hydrogen) atoms. The summed E-state index contributed by atoms with van der Waals surface area (Å²) in [5, 5.41) is 4.08. The van der Waals surface area contributed by atoms with Gasteiger partial charge in [-0.15, -0.1) is 0 Å². The molecule has 4 aromatic rings. The van der Waals surface area contributed by atoms with Gasteiger partial charge in [0.15, 0.2) is 0 Å². The molecule has 4 aromatic heterocycles. The molecule has 0 saturated heterocycles. The van der Waals surface area contributed by atoms with Gasteiger partial charge < -0.3 is 9.15 Å². The number of hydrogen-bond donors (Lipinski definition) is 0. The van der Waals surface area contributed by atoms with Gasteiger partial charge in [-0.25, -0.2) is 9.78 Å². The van der Waals surface area contributed by atoms with E-state index in [9.17, 15) is 9.59 Å². The molecular formula is C18H14N4O4. The highest BCUT2D eigenvalue weighted by atomic mass is 16.5. The topological polar surface area (TPSA) is 91.6 Å². The van der Waals surface area contributed by atoms with Crippen molar-refractivity contribution in [2.24, 2.45) is 0 Å². The first-order chi connectivity index (χ1) is 12.7. The molecule has 0 aliphatic heterocycles. The average molecular weight is 350 g/mol. The van der Waals surface area contributed by atoms with Crippen LogP contribution >= 0.6 is 0 Å². The van der Waals surface area contributed by atoms with Crippen LogP contribution in [0.4, 0.5) is 0 Å². The maximum absolute atomic E-state index is 12.1. The summed E-state index contributed by atoms with van der Waals surface area (Å²) in [6.45, 7) is 0.304. The summed E-state index contributed by atoms with van der Waals surface area (Å²) in [4.78, 5) is 28.5. The number of ether oxygens (including phenoxy) is 1. The Morgan fingerprint density at radius 3 is 2.92 bits per heavy atom. The third-order valence-electron chi connectivity index (χ3n) is 3.72. The highest BCUT2D eigenvalue weighted by Crippen LogP contribution is 2.11. The van der Waals surface area contributed by atoms with Crippen molar-refractivity contribution < 1.29 is 13.9 Å². The number of carbonyl (C=O) groups is 1. The van der Waals surface area contributed by atoms with Gasteiger partial charge in [0.1, 0.15) is 18.0 Å². The van der Waals surface area contributed by atoms with Crippen LogP contribution < -0.4 is 5.56 Å². The normalized spacial score (nSPS) is 10.9. The van der Waals surface area contributed by atoms with Crippen molar-refractivity contribution in [1.29, 1.82) is 0 Å². The smallest absolute Gasteiger partial charge is 0.374 e. The molecule has 0 aliphatic carbocycles. The zero-order valence-corrected chi connectivity index (χ0v) is 13.6. The van der Waals surface area contributed by atoms with E-state index in [0.717, 1.165) is 0 Å². The van der Waals surface area contributed by atoms with Gasteiger partial charge in [0.25, 0.3) is 5.56 Å². The van der Waals surface area contributed by atoms with Crippen LogP contribution in [0.15, 0.2) is 70.3 Å². The molecule has 4 rings (SSSR count). The third-order valence-corrected chi connectivity index (χ3v) is 3.72. The molecule has 0 fully saturated rings. The van der Waals surface area contributed by atoms with Crippen molar-refractivity contribution in [2.45, 2.75) is 13.2 Å². The maximum Gasteiger partial charge on any atom is 0.374 e. The van der Waals surface area contributed by atoms with Crippen LogP contribution in [0.5, 0.6) is 0 Å². The number of nitrogens with zero attached hydrogens (tertiary/aromatic N) is 4. The fourth-order valence-electron chi connectivity index (χ4n) is 2.51. The minimum Gasteiger partial charge on any atom is -0.453 e. The van der Waals surface area contributed by atoms with Gasteiger partial charge in [-0.2, -0.15) is 5.10 Å². The van der Waals surface area contributed by atoms with Crippen LogP contribution in [-0.2, 0) is 17.9 Å². The second-order valence-electron chi connectivity index (χ2n) is 5.56. The number of hydrogen-bond acceptors (Lipinski definition) is 6. The molecule has 0 amide bonds. The molecule has 0 atom stereocenters. The predicted molar refractivity (Wildman–Crippen MR) is 90.6 cm³/mol. The molecule has 0 saturated carbocycles. The number of rotatable bonds is 5. The van der Waals surface area contributed by atoms with E-state index in [1.165, 1.54) is 10.5 Å². The Hall–Kier alpha value is -3.68. The van der Waals surface area contributed by atoms with Gasteiger partial charge in [0.2, 0.25) is 5.76 Å². The summed E-state index contributed by atoms with van der Waals surface area (Å²) in [7, 11) is 0. The van der Waals surface area contributed by atoms with Gasteiger partial charge in [0, 0.05) is 24.7 Å². The van der Waals surface area contributed by atoms with E-state index in [0.29, 0.717) is 23.6 Å². The number of fused-ring (bicyclic) bond motifs is 1. The molecular weight excluding hydrogens is 336 g/mol. The molecule has 0 aliphatic rings. The lowest BCUT2D eigenvalue weighted by molar-refractivity contribution is 0.0429. The Bertz CT molecular complexity index is 1110. The Morgan fingerprint density at radius 1 is 1.15 bits per heavy atom. The van der Waals surface area contributed by atoms with E-state index in [4.69, 9.17) is 9.15 Å². The second kappa shape index (κ2) is 6.67. The van der Waals surface area contributed by atoms with Gasteiger partial charge in [-0.1, -0.05) is 6.07 Å². The number of pyridine rings is 1. The summed E-state index contributed by atoms with van der Waals surface area (Å²) in [6.07, 6.45) is 5.09. The van der Waals surface area contributed by atoms with Crippen molar-refractivity contribution in [2.75, 3.05) is 0 Å². The molecule has 0 radical (unpaired) electrons. The van der Waals surface area contributed by atoms with Gasteiger partial charge >= 0.3 is 5.97 Å². The molecule has 8 nitrogen and oxygen atoms in total. The van der Waals surface area contributed by atoms with Gasteiger partial charge in [-0.05, 0) is 30.3 Å². The Kier molecular flexibility index (Phi) is 4.06. The number of carbonyl (C=O) groups excluding carboxylic acids is 1. The van der Waals surface area contributed by atoms with E-state index >= 15 is 0 Å². The lowest BCUT2D eigenvalue weighted by Gasteiger charge is -2.04. The zero-order valence-electron chi connectivity index (χ0n) is 13.6. The molecule has 4 heterocycles. The first kappa shape index (κ1) is 15.8. The molecule has 0 aromatic carbocycles. The van der Waals surface area contributed by atoms with Crippen LogP contribution in [0, 0.1) is 0 Å². The summed E-state index contributed by atoms with van der Waals surface area (Å²) >= 11 is 0. The highest BCUT2D eigenvalue weighted by molar-refractivity contribution is 5.86. The Labute approximate surface area is 147 Å². The Balaban J connectivity index is 1.44. The van der Waals surface area contributed by atoms with E-state index < -0.39 is 5.97 Å². The zero-order chi connectivity index (χ0) is 17.9. The molecule has 0 unspecified atom stereocenters. The summed E-state index contributed by atoms with van der Waals surface area (Å²) in [5.41, 5.74) is 0.629. The summed E-state index contributed by atoms with van der Waals surface area (Å²) in [6, 6.07) is 11.6. The minimum atomic E-state index is -0.619. The monoisotopic (exact) mass is 350 g/mol. The minimum absolute atomic E-state index is 0.0877. The fourth-order valence-corrected chi connectivity index (χ4v) is 2.51. The van der Waals surface area contributed by atoms with Crippen molar-refractivity contribution in [1.82, 2.24) is 19.2 Å². The maximum atomic E-state index is 12.1. The number of furan rings is 1. The van der Waals surface area contributed by atoms with Crippen LogP contribution in [0.3, 0.4) is 0 Å². The molecule has 0 bridgehead atoms. The van der Waals surface area contributed by atoms with Crippen molar-refractivity contribution in [3.05, 3.63) is 88.6 Å². The van der Waals surface area contributed by atoms with E-state index in [2.05, 4.69) is 10.1 Å². The lowest BCUT2D eigenvalue weighted by Crippen LogP contribution is -2.16. The quantitative estimate of drug-likeness (QED) is 0.511. The van der Waals surface area contributed by atoms with E-state index in [-0.39, 0.29) is 17.9 Å². The van der Waals surface area contributed by atoms with Crippen LogP contribution in [0.2, 0.25) is 0 Å². The largest absolute Gasteiger partial charge is 0.453 e. The van der Waals surface area contributed by atoms with E-state index in [1.54, 1.807) is 59.7 Å². The summed E-state index contributed by atoms with van der Waals surface area (Å²) in [5.74, 6) is 0.0548. The van der Waals surface area contributed by atoms with E-state index in [1.807, 2.05) is 0 Å². The van der Waals surface area contributed by atoms with Crippen LogP contribution in [0.1, 0.15) is 22.0 Å². The SMILES string of the molecule is O=C(OCc1cc(=O)n2ccccc2n1)c1ccc(Cn2cccn2)o1. The van der Waals surface area contributed by atoms with Crippen molar-refractivity contribution in [3.8, 4) is 0 Å². The second-order valence-corrected chi connectivity index (χ2v) is 5.56.